The molecule has 2 aromatic rings. The van der Waals surface area contributed by atoms with Gasteiger partial charge in [0.15, 0.2) is 0 Å². The molecule has 1 amide bonds. The Hall–Kier alpha value is -2.35. The van der Waals surface area contributed by atoms with E-state index in [1.807, 2.05) is 13.8 Å². The van der Waals surface area contributed by atoms with Crippen molar-refractivity contribution in [2.24, 2.45) is 0 Å². The van der Waals surface area contributed by atoms with Crippen LogP contribution in [0.15, 0.2) is 33.9 Å². The van der Waals surface area contributed by atoms with E-state index in [1.165, 1.54) is 7.11 Å². The van der Waals surface area contributed by atoms with Crippen LogP contribution in [0.3, 0.4) is 0 Å². The third kappa shape index (κ3) is 4.82. The number of nitrogens with one attached hydrogen (secondary N) is 1. The third-order valence-electron chi connectivity index (χ3n) is 2.81. The van der Waals surface area contributed by atoms with Crippen molar-refractivity contribution in [2.75, 3.05) is 18.2 Å². The molecule has 7 nitrogen and oxygen atoms in total. The number of benzene rings is 1. The molecule has 0 bridgehead atoms. The Labute approximate surface area is 137 Å². The first kappa shape index (κ1) is 17.0. The number of esters is 1. The second kappa shape index (κ2) is 7.77. The van der Waals surface area contributed by atoms with Gasteiger partial charge in [-0.15, -0.1) is 10.2 Å². The van der Waals surface area contributed by atoms with Crippen LogP contribution in [0.4, 0.5) is 5.69 Å². The summed E-state index contributed by atoms with van der Waals surface area (Å²) >= 11 is 1.16. The molecule has 0 unspecified atom stereocenters. The molecule has 8 heteroatoms. The van der Waals surface area contributed by atoms with Crippen LogP contribution in [0.25, 0.3) is 0 Å². The van der Waals surface area contributed by atoms with Gasteiger partial charge in [-0.1, -0.05) is 31.7 Å². The van der Waals surface area contributed by atoms with Gasteiger partial charge in [0.2, 0.25) is 11.8 Å². The fourth-order valence-electron chi connectivity index (χ4n) is 1.68. The summed E-state index contributed by atoms with van der Waals surface area (Å²) in [6.45, 7) is 3.89. The standard InChI is InChI=1S/C15H17N3O4S/c1-9(2)13-17-18-15(22-13)23-8-12(19)16-11-6-4-5-10(7-11)14(20)21-3/h4-7,9H,8H2,1-3H3,(H,16,19). The molecule has 0 aliphatic carbocycles. The first-order chi connectivity index (χ1) is 11.0. The smallest absolute Gasteiger partial charge is 0.337 e. The quantitative estimate of drug-likeness (QED) is 0.640. The van der Waals surface area contributed by atoms with Crippen LogP contribution >= 0.6 is 11.8 Å². The summed E-state index contributed by atoms with van der Waals surface area (Å²) in [4.78, 5) is 23.4. The molecule has 0 saturated carbocycles. The zero-order chi connectivity index (χ0) is 16.8. The fourth-order valence-corrected chi connectivity index (χ4v) is 2.25. The van der Waals surface area contributed by atoms with E-state index in [1.54, 1.807) is 24.3 Å². The maximum atomic E-state index is 11.9. The molecule has 0 aliphatic rings. The molecule has 2 rings (SSSR count). The van der Waals surface area contributed by atoms with E-state index in [0.717, 1.165) is 11.8 Å². The number of aromatic nitrogens is 2. The van der Waals surface area contributed by atoms with Gasteiger partial charge in [0.1, 0.15) is 0 Å². The molecule has 1 heterocycles. The summed E-state index contributed by atoms with van der Waals surface area (Å²) in [6.07, 6.45) is 0. The molecule has 0 aliphatic heterocycles. The Morgan fingerprint density at radius 2 is 2.13 bits per heavy atom. The molecule has 0 radical (unpaired) electrons. The van der Waals surface area contributed by atoms with Crippen LogP contribution in [0.2, 0.25) is 0 Å². The normalized spacial score (nSPS) is 10.6. The van der Waals surface area contributed by atoms with Gasteiger partial charge in [0.25, 0.3) is 5.22 Å². The third-order valence-corrected chi connectivity index (χ3v) is 3.63. The van der Waals surface area contributed by atoms with Crippen molar-refractivity contribution in [1.82, 2.24) is 10.2 Å². The van der Waals surface area contributed by atoms with Crippen molar-refractivity contribution in [2.45, 2.75) is 25.0 Å². The predicted octanol–water partition coefficient (Wildman–Crippen LogP) is 2.71. The van der Waals surface area contributed by atoms with Crippen molar-refractivity contribution < 1.29 is 18.7 Å². The molecule has 122 valence electrons. The molecule has 1 aromatic heterocycles. The van der Waals surface area contributed by atoms with Crippen LogP contribution in [-0.4, -0.2) is 34.9 Å². The topological polar surface area (TPSA) is 94.3 Å². The van der Waals surface area contributed by atoms with Crippen molar-refractivity contribution in [3.63, 3.8) is 0 Å². The molecular weight excluding hydrogens is 318 g/mol. The van der Waals surface area contributed by atoms with Crippen molar-refractivity contribution in [1.29, 1.82) is 0 Å². The van der Waals surface area contributed by atoms with Crippen LogP contribution in [0.5, 0.6) is 0 Å². The van der Waals surface area contributed by atoms with Gasteiger partial charge in [-0.3, -0.25) is 4.79 Å². The minimum absolute atomic E-state index is 0.127. The number of carbonyl (C=O) groups excluding carboxylic acids is 2. The number of hydrogen-bond donors (Lipinski definition) is 1. The highest BCUT2D eigenvalue weighted by Gasteiger charge is 2.12. The average molecular weight is 335 g/mol. The van der Waals surface area contributed by atoms with E-state index in [9.17, 15) is 9.59 Å². The van der Waals surface area contributed by atoms with Gasteiger partial charge < -0.3 is 14.5 Å². The van der Waals surface area contributed by atoms with E-state index in [-0.39, 0.29) is 17.6 Å². The Bertz CT molecular complexity index is 700. The lowest BCUT2D eigenvalue weighted by Crippen LogP contribution is -2.14. The average Bonchev–Trinajstić information content (AvgIpc) is 3.01. The lowest BCUT2D eigenvalue weighted by atomic mass is 10.2. The van der Waals surface area contributed by atoms with Crippen LogP contribution < -0.4 is 5.32 Å². The van der Waals surface area contributed by atoms with Crippen molar-refractivity contribution >= 4 is 29.3 Å². The van der Waals surface area contributed by atoms with E-state index in [4.69, 9.17) is 4.42 Å². The minimum atomic E-state index is -0.456. The van der Waals surface area contributed by atoms with Crippen LogP contribution in [-0.2, 0) is 9.53 Å². The number of amides is 1. The first-order valence-corrected chi connectivity index (χ1v) is 7.92. The van der Waals surface area contributed by atoms with Gasteiger partial charge in [0.05, 0.1) is 18.4 Å². The maximum Gasteiger partial charge on any atom is 0.337 e. The first-order valence-electron chi connectivity index (χ1n) is 6.94. The van der Waals surface area contributed by atoms with Gasteiger partial charge in [-0.25, -0.2) is 4.79 Å². The van der Waals surface area contributed by atoms with Gasteiger partial charge >= 0.3 is 5.97 Å². The molecule has 0 atom stereocenters. The Morgan fingerprint density at radius 1 is 1.35 bits per heavy atom. The largest absolute Gasteiger partial charge is 0.465 e. The molecular formula is C15H17N3O4S. The zero-order valence-corrected chi connectivity index (χ0v) is 13.8. The number of carbonyl (C=O) groups is 2. The number of hydrogen-bond acceptors (Lipinski definition) is 7. The van der Waals surface area contributed by atoms with E-state index >= 15 is 0 Å². The molecule has 23 heavy (non-hydrogen) atoms. The number of nitrogens with zero attached hydrogens (tertiary/aromatic N) is 2. The monoisotopic (exact) mass is 335 g/mol. The summed E-state index contributed by atoms with van der Waals surface area (Å²) in [6, 6.07) is 6.53. The van der Waals surface area contributed by atoms with Gasteiger partial charge in [0, 0.05) is 11.6 Å². The lowest BCUT2D eigenvalue weighted by Gasteiger charge is -2.05. The Balaban J connectivity index is 1.90. The van der Waals surface area contributed by atoms with Crippen LogP contribution in [0.1, 0.15) is 36.0 Å². The number of anilines is 1. The maximum absolute atomic E-state index is 11.9. The van der Waals surface area contributed by atoms with Crippen LogP contribution in [0, 0.1) is 0 Å². The highest BCUT2D eigenvalue weighted by molar-refractivity contribution is 7.99. The number of methoxy groups -OCH3 is 1. The second-order valence-electron chi connectivity index (χ2n) is 4.97. The van der Waals surface area contributed by atoms with Crippen molar-refractivity contribution in [3.8, 4) is 0 Å². The van der Waals surface area contributed by atoms with E-state index in [2.05, 4.69) is 20.3 Å². The lowest BCUT2D eigenvalue weighted by molar-refractivity contribution is -0.113. The predicted molar refractivity (Wildman–Crippen MR) is 85.5 cm³/mol. The van der Waals surface area contributed by atoms with E-state index < -0.39 is 5.97 Å². The summed E-state index contributed by atoms with van der Waals surface area (Å²) < 4.78 is 10.1. The molecule has 0 spiro atoms. The summed E-state index contributed by atoms with van der Waals surface area (Å²) in [7, 11) is 1.31. The van der Waals surface area contributed by atoms with Gasteiger partial charge in [-0.2, -0.15) is 0 Å². The Kier molecular flexibility index (Phi) is 5.75. The Morgan fingerprint density at radius 3 is 2.78 bits per heavy atom. The number of ether oxygens (including phenoxy) is 1. The zero-order valence-electron chi connectivity index (χ0n) is 13.0. The molecule has 1 aromatic carbocycles. The highest BCUT2D eigenvalue weighted by atomic mass is 32.2. The number of rotatable bonds is 6. The molecule has 0 saturated heterocycles. The summed E-state index contributed by atoms with van der Waals surface area (Å²) in [5.74, 6) is 0.122. The summed E-state index contributed by atoms with van der Waals surface area (Å²) in [5, 5.41) is 10.8. The molecule has 0 fully saturated rings. The molecule has 1 N–H and O–H groups in total. The SMILES string of the molecule is COC(=O)c1cccc(NC(=O)CSc2nnc(C(C)C)o2)c1. The second-order valence-corrected chi connectivity index (χ2v) is 5.90. The summed E-state index contributed by atoms with van der Waals surface area (Å²) in [5.41, 5.74) is 0.892. The fraction of sp³-hybridized carbons (Fsp3) is 0.333. The van der Waals surface area contributed by atoms with Gasteiger partial charge in [-0.05, 0) is 18.2 Å². The highest BCUT2D eigenvalue weighted by Crippen LogP contribution is 2.20. The van der Waals surface area contributed by atoms with Crippen molar-refractivity contribution in [3.05, 3.63) is 35.7 Å². The minimum Gasteiger partial charge on any atom is -0.465 e. The number of thioether (sulfide) groups is 1. The van der Waals surface area contributed by atoms with E-state index in [0.29, 0.717) is 22.4 Å².